The van der Waals surface area contributed by atoms with E-state index in [0.717, 1.165) is 25.2 Å². The molecule has 0 atom stereocenters. The summed E-state index contributed by atoms with van der Waals surface area (Å²) in [7, 11) is 0. The molecule has 0 spiro atoms. The van der Waals surface area contributed by atoms with Crippen LogP contribution in [0.4, 0.5) is 5.69 Å². The van der Waals surface area contributed by atoms with Crippen LogP contribution in [0.25, 0.3) is 0 Å². The van der Waals surface area contributed by atoms with Crippen molar-refractivity contribution in [2.24, 2.45) is 0 Å². The first-order chi connectivity index (χ1) is 8.49. The maximum absolute atomic E-state index is 5.73. The number of benzene rings is 1. The van der Waals surface area contributed by atoms with Crippen molar-refractivity contribution in [2.75, 3.05) is 25.4 Å². The molecule has 0 saturated heterocycles. The number of nitrogens with two attached hydrogens (primary N) is 1. The normalized spacial score (nSPS) is 11.5. The summed E-state index contributed by atoms with van der Waals surface area (Å²) in [6.45, 7) is 9.40. The highest BCUT2D eigenvalue weighted by atomic mass is 15.1. The van der Waals surface area contributed by atoms with E-state index in [2.05, 4.69) is 43.7 Å². The lowest BCUT2D eigenvalue weighted by molar-refractivity contribution is 0.248. The van der Waals surface area contributed by atoms with Crippen LogP contribution in [0, 0.1) is 12.3 Å². The van der Waals surface area contributed by atoms with E-state index in [1.54, 1.807) is 0 Å². The van der Waals surface area contributed by atoms with Crippen molar-refractivity contribution in [3.63, 3.8) is 0 Å². The van der Waals surface area contributed by atoms with Gasteiger partial charge in [-0.2, -0.15) is 0 Å². The molecule has 0 radical (unpaired) electrons. The maximum Gasteiger partial charge on any atom is 0.0599 e. The van der Waals surface area contributed by atoms with E-state index >= 15 is 0 Å². The summed E-state index contributed by atoms with van der Waals surface area (Å²) in [5.74, 6) is 2.74. The van der Waals surface area contributed by atoms with Crippen LogP contribution in [0.5, 0.6) is 0 Å². The zero-order valence-corrected chi connectivity index (χ0v) is 11.7. The summed E-state index contributed by atoms with van der Waals surface area (Å²) in [6.07, 6.45) is 6.55. The fraction of sp³-hybridized carbons (Fsp3) is 0.500. The third-order valence-electron chi connectivity index (χ3n) is 3.17. The molecule has 1 aromatic carbocycles. The van der Waals surface area contributed by atoms with Crippen LogP contribution in [-0.4, -0.2) is 24.5 Å². The van der Waals surface area contributed by atoms with E-state index in [1.165, 1.54) is 5.56 Å². The van der Waals surface area contributed by atoms with Crippen LogP contribution >= 0.6 is 0 Å². The lowest BCUT2D eigenvalue weighted by Crippen LogP contribution is -2.37. The third kappa shape index (κ3) is 4.09. The zero-order chi connectivity index (χ0) is 13.6. The second-order valence-corrected chi connectivity index (χ2v) is 5.42. The van der Waals surface area contributed by atoms with Crippen LogP contribution in [0.3, 0.4) is 0 Å². The Kier molecular flexibility index (Phi) is 5.25. The molecule has 0 aliphatic heterocycles. The van der Waals surface area contributed by atoms with Gasteiger partial charge in [0.1, 0.15) is 0 Å². The molecule has 0 aromatic heterocycles. The molecule has 1 rings (SSSR count). The van der Waals surface area contributed by atoms with Crippen molar-refractivity contribution >= 4 is 5.69 Å². The average Bonchev–Trinajstić information content (AvgIpc) is 2.29. The maximum atomic E-state index is 5.73. The van der Waals surface area contributed by atoms with Gasteiger partial charge in [0.15, 0.2) is 0 Å². The first-order valence-electron chi connectivity index (χ1n) is 6.51. The number of nitrogen functional groups attached to an aromatic ring is 1. The molecule has 0 fully saturated rings. The highest BCUT2D eigenvalue weighted by Crippen LogP contribution is 2.25. The van der Waals surface area contributed by atoms with E-state index in [9.17, 15) is 0 Å². The molecule has 0 heterocycles. The van der Waals surface area contributed by atoms with Gasteiger partial charge in [0.05, 0.1) is 6.54 Å². The molecule has 0 aliphatic carbocycles. The molecule has 0 bridgehead atoms. The molecule has 0 amide bonds. The Labute approximate surface area is 111 Å². The number of nitrogens with zero attached hydrogens (tertiary/aromatic N) is 1. The summed E-state index contributed by atoms with van der Waals surface area (Å²) in [5.41, 5.74) is 7.92. The highest BCUT2D eigenvalue weighted by molar-refractivity contribution is 5.41. The predicted octanol–water partition coefficient (Wildman–Crippen LogP) is 2.89. The van der Waals surface area contributed by atoms with Crippen molar-refractivity contribution in [3.05, 3.63) is 29.8 Å². The van der Waals surface area contributed by atoms with Crippen LogP contribution in [-0.2, 0) is 5.41 Å². The lowest BCUT2D eigenvalue weighted by Gasteiger charge is -2.32. The Balaban J connectivity index is 2.78. The van der Waals surface area contributed by atoms with Crippen LogP contribution in [0.2, 0.25) is 0 Å². The third-order valence-corrected chi connectivity index (χ3v) is 3.17. The van der Waals surface area contributed by atoms with Crippen LogP contribution in [0.1, 0.15) is 32.8 Å². The Morgan fingerprint density at radius 2 is 1.89 bits per heavy atom. The fourth-order valence-electron chi connectivity index (χ4n) is 2.24. The van der Waals surface area contributed by atoms with Crippen LogP contribution in [0.15, 0.2) is 24.3 Å². The van der Waals surface area contributed by atoms with Gasteiger partial charge in [0.25, 0.3) is 0 Å². The standard InChI is InChI=1S/C16H24N2/c1-5-11-18(12-6-2)13-16(3,4)14-7-9-15(17)10-8-14/h1,7-10H,6,11-13,17H2,2-4H3. The van der Waals surface area contributed by atoms with Crippen molar-refractivity contribution in [1.29, 1.82) is 0 Å². The summed E-state index contributed by atoms with van der Waals surface area (Å²) in [6, 6.07) is 8.13. The molecule has 18 heavy (non-hydrogen) atoms. The van der Waals surface area contributed by atoms with Gasteiger partial charge in [0.2, 0.25) is 0 Å². The van der Waals surface area contributed by atoms with Crippen molar-refractivity contribution in [1.82, 2.24) is 4.90 Å². The number of terminal acetylenes is 1. The molecule has 0 unspecified atom stereocenters. The van der Waals surface area contributed by atoms with E-state index in [1.807, 2.05) is 12.1 Å². The Morgan fingerprint density at radius 3 is 2.39 bits per heavy atom. The zero-order valence-electron chi connectivity index (χ0n) is 11.7. The van der Waals surface area contributed by atoms with Gasteiger partial charge in [-0.15, -0.1) is 6.42 Å². The van der Waals surface area contributed by atoms with Gasteiger partial charge in [-0.1, -0.05) is 38.8 Å². The molecular weight excluding hydrogens is 220 g/mol. The first-order valence-corrected chi connectivity index (χ1v) is 6.51. The smallest absolute Gasteiger partial charge is 0.0599 e. The van der Waals surface area contributed by atoms with Gasteiger partial charge in [-0.3, -0.25) is 4.90 Å². The van der Waals surface area contributed by atoms with Gasteiger partial charge in [-0.25, -0.2) is 0 Å². The molecule has 2 nitrogen and oxygen atoms in total. The van der Waals surface area contributed by atoms with E-state index in [-0.39, 0.29) is 5.41 Å². The molecule has 2 heteroatoms. The SMILES string of the molecule is C#CCN(CCC)CC(C)(C)c1ccc(N)cc1. The van der Waals surface area contributed by atoms with E-state index in [0.29, 0.717) is 6.54 Å². The summed E-state index contributed by atoms with van der Waals surface area (Å²) >= 11 is 0. The minimum Gasteiger partial charge on any atom is -0.399 e. The van der Waals surface area contributed by atoms with E-state index < -0.39 is 0 Å². The monoisotopic (exact) mass is 244 g/mol. The summed E-state index contributed by atoms with van der Waals surface area (Å²) in [5, 5.41) is 0. The van der Waals surface area contributed by atoms with Gasteiger partial charge >= 0.3 is 0 Å². The van der Waals surface area contributed by atoms with Gasteiger partial charge < -0.3 is 5.73 Å². The molecular formula is C16H24N2. The second kappa shape index (κ2) is 6.47. The Morgan fingerprint density at radius 1 is 1.28 bits per heavy atom. The lowest BCUT2D eigenvalue weighted by atomic mass is 9.84. The second-order valence-electron chi connectivity index (χ2n) is 5.42. The topological polar surface area (TPSA) is 29.3 Å². The number of hydrogen-bond donors (Lipinski definition) is 1. The molecule has 1 aromatic rings. The molecule has 0 saturated carbocycles. The Bertz CT molecular complexity index is 398. The Hall–Kier alpha value is -1.46. The average molecular weight is 244 g/mol. The van der Waals surface area contributed by atoms with Crippen molar-refractivity contribution < 1.29 is 0 Å². The fourth-order valence-corrected chi connectivity index (χ4v) is 2.24. The van der Waals surface area contributed by atoms with Crippen molar-refractivity contribution in [3.8, 4) is 12.3 Å². The number of rotatable bonds is 6. The number of anilines is 1. The predicted molar refractivity (Wildman–Crippen MR) is 79.4 cm³/mol. The summed E-state index contributed by atoms with van der Waals surface area (Å²) in [4.78, 5) is 2.33. The largest absolute Gasteiger partial charge is 0.399 e. The minimum atomic E-state index is 0.0831. The summed E-state index contributed by atoms with van der Waals surface area (Å²) < 4.78 is 0. The van der Waals surface area contributed by atoms with Crippen LogP contribution < -0.4 is 5.73 Å². The quantitative estimate of drug-likeness (QED) is 0.616. The minimum absolute atomic E-state index is 0.0831. The molecule has 98 valence electrons. The van der Waals surface area contributed by atoms with Gasteiger partial charge in [0, 0.05) is 17.6 Å². The van der Waals surface area contributed by atoms with Crippen molar-refractivity contribution in [2.45, 2.75) is 32.6 Å². The first kappa shape index (κ1) is 14.6. The highest BCUT2D eigenvalue weighted by Gasteiger charge is 2.23. The number of hydrogen-bond acceptors (Lipinski definition) is 2. The molecule has 0 aliphatic rings. The van der Waals surface area contributed by atoms with Gasteiger partial charge in [-0.05, 0) is 30.7 Å². The van der Waals surface area contributed by atoms with E-state index in [4.69, 9.17) is 12.2 Å². The molecule has 2 N–H and O–H groups in total.